The fraction of sp³-hybridized carbons (Fsp3) is 0.174. The summed E-state index contributed by atoms with van der Waals surface area (Å²) >= 11 is 1.37. The van der Waals surface area contributed by atoms with Gasteiger partial charge in [0.2, 0.25) is 5.91 Å². The fourth-order valence-electron chi connectivity index (χ4n) is 3.35. The summed E-state index contributed by atoms with van der Waals surface area (Å²) < 4.78 is 18.6. The molecule has 6 nitrogen and oxygen atoms in total. The molecule has 8 heteroatoms. The Morgan fingerprint density at radius 1 is 1.32 bits per heavy atom. The topological polar surface area (TPSA) is 71.5 Å². The number of aromatic nitrogens is 1. The average molecular weight is 437 g/mol. The number of carbonyl (C=O) groups is 2. The molecule has 4 rings (SSSR count). The quantitative estimate of drug-likeness (QED) is 0.582. The van der Waals surface area contributed by atoms with Crippen LogP contribution in [0.5, 0.6) is 5.75 Å². The first-order valence-electron chi connectivity index (χ1n) is 9.65. The lowest BCUT2D eigenvalue weighted by atomic mass is 10.1. The van der Waals surface area contributed by atoms with Gasteiger partial charge in [-0.05, 0) is 42.8 Å². The molecule has 0 saturated heterocycles. The van der Waals surface area contributed by atoms with E-state index < -0.39 is 0 Å². The Morgan fingerprint density at radius 2 is 2.10 bits per heavy atom. The van der Waals surface area contributed by atoms with E-state index >= 15 is 0 Å². The predicted molar refractivity (Wildman–Crippen MR) is 119 cm³/mol. The summed E-state index contributed by atoms with van der Waals surface area (Å²) in [5, 5.41) is 3.29. The fourth-order valence-corrected chi connectivity index (χ4v) is 4.20. The molecule has 0 bridgehead atoms. The molecule has 0 saturated carbocycles. The minimum absolute atomic E-state index is 0.000150. The van der Waals surface area contributed by atoms with Crippen molar-refractivity contribution >= 4 is 34.0 Å². The van der Waals surface area contributed by atoms with Crippen molar-refractivity contribution in [1.82, 2.24) is 4.98 Å². The maximum atomic E-state index is 13.0. The number of nitrogens with one attached hydrogen (secondary N) is 1. The van der Waals surface area contributed by atoms with Crippen molar-refractivity contribution in [3.63, 3.8) is 0 Å². The lowest BCUT2D eigenvalue weighted by Gasteiger charge is -2.28. The summed E-state index contributed by atoms with van der Waals surface area (Å²) in [6.45, 7) is 6.03. The van der Waals surface area contributed by atoms with Gasteiger partial charge in [0.1, 0.15) is 11.6 Å². The number of carbonyl (C=O) groups excluding carboxylic acids is 2. The third-order valence-electron chi connectivity index (χ3n) is 4.81. The zero-order chi connectivity index (χ0) is 22.0. The normalized spacial score (nSPS) is 12.8. The lowest BCUT2D eigenvalue weighted by Crippen LogP contribution is -2.38. The van der Waals surface area contributed by atoms with Gasteiger partial charge in [0.15, 0.2) is 11.7 Å². The van der Waals surface area contributed by atoms with E-state index in [4.69, 9.17) is 4.74 Å². The van der Waals surface area contributed by atoms with Gasteiger partial charge in [-0.25, -0.2) is 9.37 Å². The highest BCUT2D eigenvalue weighted by Crippen LogP contribution is 2.38. The largest absolute Gasteiger partial charge is 0.482 e. The second-order valence-corrected chi connectivity index (χ2v) is 8.24. The van der Waals surface area contributed by atoms with Gasteiger partial charge in [-0.1, -0.05) is 18.2 Å². The zero-order valence-corrected chi connectivity index (χ0v) is 17.7. The molecule has 0 unspecified atom stereocenters. The second kappa shape index (κ2) is 8.69. The summed E-state index contributed by atoms with van der Waals surface area (Å²) in [6.07, 6.45) is 1.80. The van der Waals surface area contributed by atoms with Crippen LogP contribution in [0, 0.1) is 12.7 Å². The highest BCUT2D eigenvalue weighted by Gasteiger charge is 2.25. The Balaban J connectivity index is 1.55. The Bertz CT molecular complexity index is 1160. The number of halogens is 1. The molecular weight excluding hydrogens is 417 g/mol. The molecule has 158 valence electrons. The molecular formula is C23H20FN3O3S. The summed E-state index contributed by atoms with van der Waals surface area (Å²) in [6, 6.07) is 11.4. The third kappa shape index (κ3) is 4.49. The number of thiazole rings is 1. The van der Waals surface area contributed by atoms with Crippen molar-refractivity contribution in [3.8, 4) is 17.0 Å². The molecule has 1 aliphatic heterocycles. The van der Waals surface area contributed by atoms with Gasteiger partial charge >= 0.3 is 0 Å². The van der Waals surface area contributed by atoms with Crippen LogP contribution in [0.15, 0.2) is 55.1 Å². The minimum atomic E-state index is -0.340. The highest BCUT2D eigenvalue weighted by atomic mass is 32.1. The first-order valence-corrected chi connectivity index (χ1v) is 10.5. The van der Waals surface area contributed by atoms with E-state index in [9.17, 15) is 14.0 Å². The van der Waals surface area contributed by atoms with Crippen LogP contribution < -0.4 is 15.0 Å². The third-order valence-corrected chi connectivity index (χ3v) is 5.69. The summed E-state index contributed by atoms with van der Waals surface area (Å²) in [7, 11) is 0. The molecule has 1 N–H and O–H groups in total. The van der Waals surface area contributed by atoms with Gasteiger partial charge in [-0.2, -0.15) is 0 Å². The number of benzene rings is 2. The molecule has 3 aromatic rings. The molecule has 1 aromatic heterocycles. The highest BCUT2D eigenvalue weighted by molar-refractivity contribution is 7.16. The van der Waals surface area contributed by atoms with Crippen molar-refractivity contribution < 1.29 is 18.7 Å². The van der Waals surface area contributed by atoms with Crippen LogP contribution in [0.4, 0.5) is 15.2 Å². The summed E-state index contributed by atoms with van der Waals surface area (Å²) in [5.74, 6) is -0.0686. The predicted octanol–water partition coefficient (Wildman–Crippen LogP) is 4.35. The number of hydrogen-bond donors (Lipinski definition) is 1. The van der Waals surface area contributed by atoms with Crippen molar-refractivity contribution in [2.45, 2.75) is 13.3 Å². The monoisotopic (exact) mass is 437 g/mol. The lowest BCUT2D eigenvalue weighted by molar-refractivity contribution is -0.121. The van der Waals surface area contributed by atoms with Gasteiger partial charge in [-0.3, -0.25) is 9.59 Å². The van der Waals surface area contributed by atoms with Crippen molar-refractivity contribution in [2.75, 3.05) is 23.4 Å². The molecule has 0 fully saturated rings. The number of hydrogen-bond acceptors (Lipinski definition) is 5. The number of rotatable bonds is 6. The zero-order valence-electron chi connectivity index (χ0n) is 16.9. The van der Waals surface area contributed by atoms with Crippen LogP contribution in [0.25, 0.3) is 11.3 Å². The van der Waals surface area contributed by atoms with E-state index in [0.717, 1.165) is 16.1 Å². The standard InChI is InChI=1S/C23H20FN3O3S/c1-3-10-27-18-12-16(6-9-19(18)30-13-21(27)29)22-14(2)31-23(26-22)25-20(28)11-15-4-7-17(24)8-5-15/h3-9,12H,1,10-11,13H2,2H3,(H,25,26,28). The van der Waals surface area contributed by atoms with Gasteiger partial charge in [0.05, 0.1) is 17.8 Å². The van der Waals surface area contributed by atoms with Gasteiger partial charge in [0.25, 0.3) is 5.91 Å². The van der Waals surface area contributed by atoms with Gasteiger partial charge < -0.3 is 15.0 Å². The SMILES string of the molecule is C=CCN1C(=O)COc2ccc(-c3nc(NC(=O)Cc4ccc(F)cc4)sc3C)cc21. The molecule has 1 aliphatic rings. The number of ether oxygens (including phenoxy) is 1. The molecule has 2 aromatic carbocycles. The maximum Gasteiger partial charge on any atom is 0.265 e. The Kier molecular flexibility index (Phi) is 5.81. The number of nitrogens with zero attached hydrogens (tertiary/aromatic N) is 2. The molecule has 0 aliphatic carbocycles. The second-order valence-electron chi connectivity index (χ2n) is 7.04. The number of aryl methyl sites for hydroxylation is 1. The van der Waals surface area contributed by atoms with Crippen LogP contribution in [-0.2, 0) is 16.0 Å². The Labute approximate surface area is 183 Å². The van der Waals surface area contributed by atoms with Crippen LogP contribution in [0.1, 0.15) is 10.4 Å². The molecule has 0 atom stereocenters. The average Bonchev–Trinajstić information content (AvgIpc) is 3.11. The number of amides is 2. The Morgan fingerprint density at radius 3 is 2.84 bits per heavy atom. The first-order chi connectivity index (χ1) is 14.9. The van der Waals surface area contributed by atoms with E-state index in [1.807, 2.05) is 25.1 Å². The number of anilines is 2. The Hall–Kier alpha value is -3.52. The number of fused-ring (bicyclic) bond motifs is 1. The minimum Gasteiger partial charge on any atom is -0.482 e. The van der Waals surface area contributed by atoms with Crippen LogP contribution in [0.2, 0.25) is 0 Å². The first kappa shape index (κ1) is 20.7. The van der Waals surface area contributed by atoms with Crippen LogP contribution >= 0.6 is 11.3 Å². The maximum absolute atomic E-state index is 13.0. The van der Waals surface area contributed by atoms with E-state index in [1.165, 1.54) is 23.5 Å². The van der Waals surface area contributed by atoms with Gasteiger partial charge in [0, 0.05) is 17.0 Å². The molecule has 2 amide bonds. The van der Waals surface area contributed by atoms with Gasteiger partial charge in [-0.15, -0.1) is 17.9 Å². The molecule has 2 heterocycles. The summed E-state index contributed by atoms with van der Waals surface area (Å²) in [5.41, 5.74) is 2.93. The van der Waals surface area contributed by atoms with Crippen LogP contribution in [-0.4, -0.2) is 29.9 Å². The van der Waals surface area contributed by atoms with Crippen molar-refractivity contribution in [2.24, 2.45) is 0 Å². The van der Waals surface area contributed by atoms with E-state index in [0.29, 0.717) is 28.7 Å². The van der Waals surface area contributed by atoms with E-state index in [2.05, 4.69) is 16.9 Å². The van der Waals surface area contributed by atoms with Crippen LogP contribution in [0.3, 0.4) is 0 Å². The van der Waals surface area contributed by atoms with E-state index in [1.54, 1.807) is 23.1 Å². The molecule has 0 radical (unpaired) electrons. The summed E-state index contributed by atoms with van der Waals surface area (Å²) in [4.78, 5) is 31.7. The molecule has 31 heavy (non-hydrogen) atoms. The smallest absolute Gasteiger partial charge is 0.265 e. The van der Waals surface area contributed by atoms with Crippen molar-refractivity contribution in [3.05, 3.63) is 71.4 Å². The van der Waals surface area contributed by atoms with E-state index in [-0.39, 0.29) is 30.7 Å². The molecule has 0 spiro atoms. The van der Waals surface area contributed by atoms with Crippen molar-refractivity contribution in [1.29, 1.82) is 0 Å².